The van der Waals surface area contributed by atoms with Gasteiger partial charge in [0.15, 0.2) is 5.13 Å². The molecule has 2 N–H and O–H groups in total. The summed E-state index contributed by atoms with van der Waals surface area (Å²) in [6, 6.07) is 12.0. The number of rotatable bonds is 5. The molecular formula is C18H16ClN3O3S. The van der Waals surface area contributed by atoms with Crippen molar-refractivity contribution in [2.75, 3.05) is 24.9 Å². The van der Waals surface area contributed by atoms with Crippen LogP contribution in [0.4, 0.5) is 15.6 Å². The highest BCUT2D eigenvalue weighted by atomic mass is 35.5. The molecule has 6 nitrogen and oxygen atoms in total. The van der Waals surface area contributed by atoms with Gasteiger partial charge >= 0.3 is 6.03 Å². The van der Waals surface area contributed by atoms with Crippen molar-refractivity contribution in [3.8, 4) is 22.8 Å². The van der Waals surface area contributed by atoms with E-state index in [1.165, 1.54) is 11.3 Å². The van der Waals surface area contributed by atoms with E-state index in [0.717, 1.165) is 5.56 Å². The number of carbonyl (C=O) groups excluding carboxylic acids is 1. The molecule has 0 aliphatic carbocycles. The third-order valence-corrected chi connectivity index (χ3v) is 4.48. The molecule has 0 aliphatic heterocycles. The minimum Gasteiger partial charge on any atom is -0.497 e. The van der Waals surface area contributed by atoms with E-state index >= 15 is 0 Å². The van der Waals surface area contributed by atoms with Crippen LogP contribution in [-0.4, -0.2) is 25.2 Å². The van der Waals surface area contributed by atoms with Crippen LogP contribution in [0.3, 0.4) is 0 Å². The summed E-state index contributed by atoms with van der Waals surface area (Å²) in [5, 5.41) is 8.26. The first kappa shape index (κ1) is 18.0. The minimum absolute atomic E-state index is 0.397. The number of nitrogens with one attached hydrogen (secondary N) is 2. The van der Waals surface area contributed by atoms with Crippen LogP contribution >= 0.6 is 22.9 Å². The molecule has 2 amide bonds. The molecule has 0 aliphatic rings. The summed E-state index contributed by atoms with van der Waals surface area (Å²) in [5.41, 5.74) is 2.07. The molecule has 0 atom stereocenters. The number of aromatic nitrogens is 1. The van der Waals surface area contributed by atoms with Gasteiger partial charge in [-0.05, 0) is 36.4 Å². The van der Waals surface area contributed by atoms with Crippen molar-refractivity contribution in [3.63, 3.8) is 0 Å². The fraction of sp³-hybridized carbons (Fsp3) is 0.111. The second kappa shape index (κ2) is 8.07. The quantitative estimate of drug-likeness (QED) is 0.634. The van der Waals surface area contributed by atoms with Crippen LogP contribution in [0.25, 0.3) is 11.3 Å². The fourth-order valence-corrected chi connectivity index (χ4v) is 3.19. The Hall–Kier alpha value is -2.77. The van der Waals surface area contributed by atoms with E-state index in [1.54, 1.807) is 38.5 Å². The number of hydrogen-bond donors (Lipinski definition) is 2. The van der Waals surface area contributed by atoms with E-state index in [1.807, 2.05) is 23.6 Å². The number of benzene rings is 2. The Bertz CT molecular complexity index is 930. The van der Waals surface area contributed by atoms with Crippen LogP contribution in [0.5, 0.6) is 11.5 Å². The Labute approximate surface area is 159 Å². The van der Waals surface area contributed by atoms with E-state index in [-0.39, 0.29) is 0 Å². The lowest BCUT2D eigenvalue weighted by molar-refractivity contribution is 0.262. The molecule has 0 bridgehead atoms. The zero-order valence-electron chi connectivity index (χ0n) is 14.1. The Morgan fingerprint density at radius 2 is 1.96 bits per heavy atom. The second-order valence-corrected chi connectivity index (χ2v) is 6.49. The molecule has 3 rings (SSSR count). The maximum absolute atomic E-state index is 12.1. The highest BCUT2D eigenvalue weighted by molar-refractivity contribution is 7.14. The van der Waals surface area contributed by atoms with Gasteiger partial charge in [0, 0.05) is 21.7 Å². The van der Waals surface area contributed by atoms with Gasteiger partial charge in [-0.2, -0.15) is 0 Å². The largest absolute Gasteiger partial charge is 0.497 e. The highest BCUT2D eigenvalue weighted by Gasteiger charge is 2.13. The zero-order valence-corrected chi connectivity index (χ0v) is 15.6. The third-order valence-electron chi connectivity index (χ3n) is 3.49. The van der Waals surface area contributed by atoms with Gasteiger partial charge in [-0.3, -0.25) is 5.32 Å². The predicted molar refractivity (Wildman–Crippen MR) is 105 cm³/mol. The van der Waals surface area contributed by atoms with Gasteiger partial charge in [0.1, 0.15) is 11.5 Å². The van der Waals surface area contributed by atoms with Crippen LogP contribution in [-0.2, 0) is 0 Å². The molecule has 26 heavy (non-hydrogen) atoms. The Morgan fingerprint density at radius 3 is 2.69 bits per heavy atom. The van der Waals surface area contributed by atoms with Crippen LogP contribution in [0.15, 0.2) is 47.8 Å². The molecule has 134 valence electrons. The topological polar surface area (TPSA) is 72.5 Å². The Balaban J connectivity index is 1.75. The van der Waals surface area contributed by atoms with Crippen LogP contribution in [0, 0.1) is 0 Å². The van der Waals surface area contributed by atoms with Crippen LogP contribution in [0.1, 0.15) is 0 Å². The number of urea groups is 1. The highest BCUT2D eigenvalue weighted by Crippen LogP contribution is 2.35. The number of thiazole rings is 1. The number of hydrogen-bond acceptors (Lipinski definition) is 5. The summed E-state index contributed by atoms with van der Waals surface area (Å²) in [6.45, 7) is 0. The van der Waals surface area contributed by atoms with Gasteiger partial charge in [0.2, 0.25) is 0 Å². The SMILES string of the molecule is COc1ccc(OC)c(-c2csc(NC(=O)Nc3cccc(Cl)c3)n2)c1. The molecule has 3 aromatic rings. The molecule has 0 fully saturated rings. The average molecular weight is 390 g/mol. The third kappa shape index (κ3) is 4.25. The average Bonchev–Trinajstić information content (AvgIpc) is 3.09. The van der Waals surface area contributed by atoms with E-state index in [2.05, 4.69) is 15.6 Å². The molecule has 0 unspecified atom stereocenters. The summed E-state index contributed by atoms with van der Waals surface area (Å²) in [6.07, 6.45) is 0. The number of ether oxygens (including phenoxy) is 2. The smallest absolute Gasteiger partial charge is 0.325 e. The van der Waals surface area contributed by atoms with Crippen molar-refractivity contribution in [2.24, 2.45) is 0 Å². The van der Waals surface area contributed by atoms with Gasteiger partial charge in [-0.25, -0.2) is 9.78 Å². The lowest BCUT2D eigenvalue weighted by atomic mass is 10.1. The molecule has 1 heterocycles. The molecule has 1 aromatic heterocycles. The number of methoxy groups -OCH3 is 2. The van der Waals surface area contributed by atoms with Crippen molar-refractivity contribution in [1.82, 2.24) is 4.98 Å². The van der Waals surface area contributed by atoms with Crippen LogP contribution in [0.2, 0.25) is 5.02 Å². The van der Waals surface area contributed by atoms with Crippen molar-refractivity contribution in [3.05, 3.63) is 52.9 Å². The summed E-state index contributed by atoms with van der Waals surface area (Å²) < 4.78 is 10.6. The molecule has 0 spiro atoms. The second-order valence-electron chi connectivity index (χ2n) is 5.19. The minimum atomic E-state index is -0.397. The Kier molecular flexibility index (Phi) is 5.60. The zero-order chi connectivity index (χ0) is 18.5. The first-order valence-electron chi connectivity index (χ1n) is 7.60. The molecular weight excluding hydrogens is 374 g/mol. The number of anilines is 2. The number of nitrogens with zero attached hydrogens (tertiary/aromatic N) is 1. The number of amides is 2. The van der Waals surface area contributed by atoms with Gasteiger partial charge in [-0.15, -0.1) is 11.3 Å². The Morgan fingerprint density at radius 1 is 1.12 bits per heavy atom. The van der Waals surface area contributed by atoms with Gasteiger partial charge in [-0.1, -0.05) is 17.7 Å². The summed E-state index contributed by atoms with van der Waals surface area (Å²) in [7, 11) is 3.19. The molecule has 0 saturated heterocycles. The van der Waals surface area contributed by atoms with Crippen LogP contribution < -0.4 is 20.1 Å². The van der Waals surface area contributed by atoms with E-state index in [0.29, 0.717) is 33.0 Å². The standard InChI is InChI=1S/C18H16ClN3O3S/c1-24-13-6-7-16(25-2)14(9-13)15-10-26-18(21-15)22-17(23)20-12-5-3-4-11(19)8-12/h3-10H,1-2H3,(H2,20,21,22,23). The first-order valence-corrected chi connectivity index (χ1v) is 8.86. The summed E-state index contributed by atoms with van der Waals surface area (Å²) >= 11 is 7.22. The summed E-state index contributed by atoms with van der Waals surface area (Å²) in [4.78, 5) is 16.6. The lowest BCUT2D eigenvalue weighted by Gasteiger charge is -2.08. The van der Waals surface area contributed by atoms with E-state index in [9.17, 15) is 4.79 Å². The maximum Gasteiger partial charge on any atom is 0.325 e. The molecule has 0 radical (unpaired) electrons. The fourth-order valence-electron chi connectivity index (χ4n) is 2.29. The van der Waals surface area contributed by atoms with Crippen molar-refractivity contribution < 1.29 is 14.3 Å². The van der Waals surface area contributed by atoms with Gasteiger partial charge in [0.25, 0.3) is 0 Å². The maximum atomic E-state index is 12.1. The van der Waals surface area contributed by atoms with Crippen molar-refractivity contribution in [1.29, 1.82) is 0 Å². The monoisotopic (exact) mass is 389 g/mol. The van der Waals surface area contributed by atoms with E-state index in [4.69, 9.17) is 21.1 Å². The summed E-state index contributed by atoms with van der Waals surface area (Å²) in [5.74, 6) is 1.37. The lowest BCUT2D eigenvalue weighted by Crippen LogP contribution is -2.19. The molecule has 2 aromatic carbocycles. The van der Waals surface area contributed by atoms with Crippen molar-refractivity contribution >= 4 is 39.8 Å². The first-order chi connectivity index (χ1) is 12.6. The number of halogens is 1. The predicted octanol–water partition coefficient (Wildman–Crippen LogP) is 5.12. The van der Waals surface area contributed by atoms with Crippen molar-refractivity contribution in [2.45, 2.75) is 0 Å². The molecule has 0 saturated carbocycles. The molecule has 8 heteroatoms. The van der Waals surface area contributed by atoms with Gasteiger partial charge in [0.05, 0.1) is 19.9 Å². The normalized spacial score (nSPS) is 10.3. The number of carbonyl (C=O) groups is 1. The van der Waals surface area contributed by atoms with Gasteiger partial charge < -0.3 is 14.8 Å². The van der Waals surface area contributed by atoms with E-state index < -0.39 is 6.03 Å².